The average molecular weight is 190 g/mol. The van der Waals surface area contributed by atoms with Crippen LogP contribution in [0.2, 0.25) is 0 Å². The maximum Gasteiger partial charge on any atom is 0.318 e. The monoisotopic (exact) mass is 190 g/mol. The Morgan fingerprint density at radius 3 is 2.29 bits per heavy atom. The van der Waals surface area contributed by atoms with Crippen LogP contribution < -0.4 is 0 Å². The Morgan fingerprint density at radius 1 is 1.29 bits per heavy atom. The minimum Gasteiger partial charge on any atom is -0.480 e. The normalized spacial score (nSPS) is 11.7. The number of ketones is 1. The zero-order valence-electron chi connectivity index (χ0n) is 7.51. The summed E-state index contributed by atoms with van der Waals surface area (Å²) in [6, 6.07) is 8.31. The number of Topliss-reactive ketones (excluding diaryl/α,β-unsaturated/α-hetero) is 1. The van der Waals surface area contributed by atoms with Crippen molar-refractivity contribution < 1.29 is 14.7 Å². The molecule has 0 aromatic heterocycles. The zero-order valence-corrected chi connectivity index (χ0v) is 7.51. The first-order chi connectivity index (χ1) is 6.66. The van der Waals surface area contributed by atoms with Crippen LogP contribution >= 0.6 is 0 Å². The van der Waals surface area contributed by atoms with E-state index in [0.29, 0.717) is 5.56 Å². The summed E-state index contributed by atoms with van der Waals surface area (Å²) in [5, 5.41) is 8.71. The summed E-state index contributed by atoms with van der Waals surface area (Å²) < 4.78 is 0. The molecule has 0 aliphatic rings. The molecule has 72 valence electrons. The van der Waals surface area contributed by atoms with E-state index >= 15 is 0 Å². The molecule has 0 spiro atoms. The Labute approximate surface area is 81.7 Å². The lowest BCUT2D eigenvalue weighted by molar-refractivity contribution is -0.138. The van der Waals surface area contributed by atoms with Crippen LogP contribution in [0.1, 0.15) is 10.4 Å². The number of rotatable bonds is 4. The fourth-order valence-corrected chi connectivity index (χ4v) is 1.10. The number of hydrogen-bond acceptors (Lipinski definition) is 2. The molecule has 0 aliphatic heterocycles. The first kappa shape index (κ1) is 10.2. The van der Waals surface area contributed by atoms with E-state index in [9.17, 15) is 9.59 Å². The van der Waals surface area contributed by atoms with E-state index in [1.165, 1.54) is 0 Å². The van der Waals surface area contributed by atoms with E-state index < -0.39 is 17.7 Å². The van der Waals surface area contributed by atoms with Crippen LogP contribution in [0.25, 0.3) is 0 Å². The summed E-state index contributed by atoms with van der Waals surface area (Å²) >= 11 is 0. The van der Waals surface area contributed by atoms with E-state index in [0.717, 1.165) is 6.08 Å². The molecule has 0 bridgehead atoms. The molecule has 14 heavy (non-hydrogen) atoms. The number of carboxylic acids is 1. The average Bonchev–Trinajstić information content (AvgIpc) is 2.19. The Morgan fingerprint density at radius 2 is 1.86 bits per heavy atom. The second kappa shape index (κ2) is 4.37. The van der Waals surface area contributed by atoms with Crippen molar-refractivity contribution >= 4 is 11.8 Å². The molecule has 1 aromatic rings. The predicted molar refractivity (Wildman–Crippen MR) is 52.1 cm³/mol. The highest BCUT2D eigenvalue weighted by Gasteiger charge is 2.23. The lowest BCUT2D eigenvalue weighted by Crippen LogP contribution is -2.21. The largest absolute Gasteiger partial charge is 0.480 e. The van der Waals surface area contributed by atoms with Gasteiger partial charge in [-0.2, -0.15) is 0 Å². The molecule has 0 amide bonds. The summed E-state index contributed by atoms with van der Waals surface area (Å²) in [6.07, 6.45) is 1.14. The van der Waals surface area contributed by atoms with Crippen LogP contribution in [0.5, 0.6) is 0 Å². The van der Waals surface area contributed by atoms with Gasteiger partial charge in [0.2, 0.25) is 0 Å². The lowest BCUT2D eigenvalue weighted by atomic mass is 9.98. The van der Waals surface area contributed by atoms with Gasteiger partial charge in [-0.25, -0.2) is 0 Å². The Hall–Kier alpha value is -1.90. The molecule has 1 rings (SSSR count). The fraction of sp³-hybridized carbons (Fsp3) is 0.0909. The number of benzene rings is 1. The minimum atomic E-state index is -1.17. The van der Waals surface area contributed by atoms with Crippen molar-refractivity contribution in [3.8, 4) is 0 Å². The Kier molecular flexibility index (Phi) is 3.18. The number of carbonyl (C=O) groups is 2. The van der Waals surface area contributed by atoms with Crippen molar-refractivity contribution in [3.63, 3.8) is 0 Å². The van der Waals surface area contributed by atoms with Crippen molar-refractivity contribution in [3.05, 3.63) is 48.6 Å². The van der Waals surface area contributed by atoms with Crippen LogP contribution in [0, 0.1) is 5.92 Å². The summed E-state index contributed by atoms with van der Waals surface area (Å²) in [5.74, 6) is -2.76. The van der Waals surface area contributed by atoms with Crippen LogP contribution in [0.15, 0.2) is 43.0 Å². The topological polar surface area (TPSA) is 54.4 Å². The van der Waals surface area contributed by atoms with Crippen LogP contribution in [-0.2, 0) is 4.79 Å². The van der Waals surface area contributed by atoms with E-state index in [-0.39, 0.29) is 0 Å². The van der Waals surface area contributed by atoms with E-state index in [1.807, 2.05) is 0 Å². The molecule has 0 aliphatic carbocycles. The Bertz CT molecular complexity index is 354. The minimum absolute atomic E-state index is 0.389. The SMILES string of the molecule is C=CC(C(=O)O)C(=O)c1ccccc1. The van der Waals surface area contributed by atoms with Crippen molar-refractivity contribution in [1.29, 1.82) is 0 Å². The van der Waals surface area contributed by atoms with Gasteiger partial charge in [0.1, 0.15) is 5.92 Å². The number of aliphatic carboxylic acids is 1. The highest BCUT2D eigenvalue weighted by Crippen LogP contribution is 2.09. The molecule has 0 saturated heterocycles. The number of carbonyl (C=O) groups excluding carboxylic acids is 1. The van der Waals surface area contributed by atoms with Gasteiger partial charge in [0.25, 0.3) is 0 Å². The third-order valence-corrected chi connectivity index (χ3v) is 1.84. The molecular weight excluding hydrogens is 180 g/mol. The first-order valence-electron chi connectivity index (χ1n) is 4.11. The van der Waals surface area contributed by atoms with Crippen molar-refractivity contribution in [2.24, 2.45) is 5.92 Å². The number of carboxylic acid groups (broad SMARTS) is 1. The lowest BCUT2D eigenvalue weighted by Gasteiger charge is -2.05. The van der Waals surface area contributed by atoms with Gasteiger partial charge in [-0.05, 0) is 0 Å². The standard InChI is InChI=1S/C11H10O3/c1-2-9(11(13)14)10(12)8-6-4-3-5-7-8/h2-7,9H,1H2,(H,13,14). The van der Waals surface area contributed by atoms with Crippen LogP contribution in [0.3, 0.4) is 0 Å². The molecule has 0 radical (unpaired) electrons. The zero-order chi connectivity index (χ0) is 10.6. The third-order valence-electron chi connectivity index (χ3n) is 1.84. The summed E-state index contributed by atoms with van der Waals surface area (Å²) in [4.78, 5) is 22.2. The van der Waals surface area contributed by atoms with Gasteiger partial charge in [0.15, 0.2) is 5.78 Å². The quantitative estimate of drug-likeness (QED) is 0.447. The molecular formula is C11H10O3. The predicted octanol–water partition coefficient (Wildman–Crippen LogP) is 1.76. The first-order valence-corrected chi connectivity index (χ1v) is 4.11. The van der Waals surface area contributed by atoms with Gasteiger partial charge in [-0.15, -0.1) is 6.58 Å². The molecule has 1 N–H and O–H groups in total. The van der Waals surface area contributed by atoms with E-state index in [2.05, 4.69) is 6.58 Å². The van der Waals surface area contributed by atoms with E-state index in [4.69, 9.17) is 5.11 Å². The second-order valence-corrected chi connectivity index (χ2v) is 2.78. The molecule has 0 fully saturated rings. The van der Waals surface area contributed by atoms with Gasteiger partial charge in [0, 0.05) is 5.56 Å². The van der Waals surface area contributed by atoms with Crippen LogP contribution in [0.4, 0.5) is 0 Å². The molecule has 0 heterocycles. The van der Waals surface area contributed by atoms with Crippen molar-refractivity contribution in [1.82, 2.24) is 0 Å². The second-order valence-electron chi connectivity index (χ2n) is 2.78. The van der Waals surface area contributed by atoms with E-state index in [1.54, 1.807) is 30.3 Å². The molecule has 1 aromatic carbocycles. The molecule has 0 saturated carbocycles. The number of hydrogen-bond donors (Lipinski definition) is 1. The van der Waals surface area contributed by atoms with Gasteiger partial charge < -0.3 is 5.11 Å². The van der Waals surface area contributed by atoms with Gasteiger partial charge in [-0.3, -0.25) is 9.59 Å². The fourth-order valence-electron chi connectivity index (χ4n) is 1.10. The van der Waals surface area contributed by atoms with Crippen molar-refractivity contribution in [2.75, 3.05) is 0 Å². The molecule has 3 heteroatoms. The third kappa shape index (κ3) is 2.07. The Balaban J connectivity index is 2.95. The highest BCUT2D eigenvalue weighted by molar-refractivity contribution is 6.09. The molecule has 1 atom stereocenters. The van der Waals surface area contributed by atoms with Crippen molar-refractivity contribution in [2.45, 2.75) is 0 Å². The summed E-state index contributed by atoms with van der Waals surface area (Å²) in [5.41, 5.74) is 0.389. The van der Waals surface area contributed by atoms with Crippen LogP contribution in [-0.4, -0.2) is 16.9 Å². The van der Waals surface area contributed by atoms with Gasteiger partial charge in [0.05, 0.1) is 0 Å². The summed E-state index contributed by atoms with van der Waals surface area (Å²) in [6.45, 7) is 3.33. The van der Waals surface area contributed by atoms with Gasteiger partial charge in [-0.1, -0.05) is 36.4 Å². The molecule has 1 unspecified atom stereocenters. The smallest absolute Gasteiger partial charge is 0.318 e. The maximum absolute atomic E-state index is 11.6. The highest BCUT2D eigenvalue weighted by atomic mass is 16.4. The maximum atomic E-state index is 11.6. The van der Waals surface area contributed by atoms with Gasteiger partial charge >= 0.3 is 5.97 Å². The summed E-state index contributed by atoms with van der Waals surface area (Å²) in [7, 11) is 0. The molecule has 3 nitrogen and oxygen atoms in total.